The van der Waals surface area contributed by atoms with Crippen LogP contribution in [0, 0.1) is 0 Å². The van der Waals surface area contributed by atoms with Gasteiger partial charge in [-0.1, -0.05) is 0 Å². The number of carbonyl (C=O) groups is 2. The molecule has 5 nitrogen and oxygen atoms in total. The summed E-state index contributed by atoms with van der Waals surface area (Å²) >= 11 is 0. The van der Waals surface area contributed by atoms with Crippen LogP contribution in [0.2, 0.25) is 0 Å². The van der Waals surface area contributed by atoms with Gasteiger partial charge in [-0.2, -0.15) is 0 Å². The van der Waals surface area contributed by atoms with Crippen LogP contribution in [-0.4, -0.2) is 36.7 Å². The number of nitrogens with one attached hydrogen (secondary N) is 1. The van der Waals surface area contributed by atoms with Crippen molar-refractivity contribution in [3.63, 3.8) is 0 Å². The SMILES string of the molecule is COCCC(C)NC(=O)c1ccc(C(=O)O)cc1. The molecule has 0 fully saturated rings. The summed E-state index contributed by atoms with van der Waals surface area (Å²) in [5.74, 6) is -1.22. The van der Waals surface area contributed by atoms with E-state index in [1.165, 1.54) is 24.3 Å². The Morgan fingerprint density at radius 1 is 1.28 bits per heavy atom. The summed E-state index contributed by atoms with van der Waals surface area (Å²) in [6, 6.07) is 5.84. The van der Waals surface area contributed by atoms with Crippen LogP contribution in [0.4, 0.5) is 0 Å². The number of methoxy groups -OCH3 is 1. The second-order valence-electron chi connectivity index (χ2n) is 4.04. The van der Waals surface area contributed by atoms with E-state index in [-0.39, 0.29) is 17.5 Å². The third kappa shape index (κ3) is 4.18. The molecule has 18 heavy (non-hydrogen) atoms. The first-order valence-electron chi connectivity index (χ1n) is 5.67. The Kier molecular flexibility index (Phi) is 5.32. The van der Waals surface area contributed by atoms with Crippen molar-refractivity contribution in [2.75, 3.05) is 13.7 Å². The molecule has 0 saturated carbocycles. The van der Waals surface area contributed by atoms with E-state index in [9.17, 15) is 9.59 Å². The Morgan fingerprint density at radius 2 is 1.83 bits per heavy atom. The molecule has 1 aromatic carbocycles. The fraction of sp³-hybridized carbons (Fsp3) is 0.385. The average molecular weight is 251 g/mol. The second kappa shape index (κ2) is 6.76. The number of ether oxygens (including phenoxy) is 1. The van der Waals surface area contributed by atoms with E-state index in [1.807, 2.05) is 6.92 Å². The van der Waals surface area contributed by atoms with Gasteiger partial charge in [-0.3, -0.25) is 4.79 Å². The quantitative estimate of drug-likeness (QED) is 0.804. The number of hydrogen-bond acceptors (Lipinski definition) is 3. The monoisotopic (exact) mass is 251 g/mol. The first kappa shape index (κ1) is 14.2. The van der Waals surface area contributed by atoms with E-state index >= 15 is 0 Å². The van der Waals surface area contributed by atoms with Crippen LogP contribution in [0.5, 0.6) is 0 Å². The van der Waals surface area contributed by atoms with Gasteiger partial charge in [0.05, 0.1) is 5.56 Å². The first-order chi connectivity index (χ1) is 8.54. The Bertz CT molecular complexity index is 414. The van der Waals surface area contributed by atoms with Crippen molar-refractivity contribution in [3.05, 3.63) is 35.4 Å². The average Bonchev–Trinajstić information content (AvgIpc) is 2.36. The predicted molar refractivity (Wildman–Crippen MR) is 66.8 cm³/mol. The molecule has 1 unspecified atom stereocenters. The molecule has 98 valence electrons. The Hall–Kier alpha value is -1.88. The lowest BCUT2D eigenvalue weighted by Crippen LogP contribution is -2.33. The summed E-state index contributed by atoms with van der Waals surface area (Å²) in [5, 5.41) is 11.6. The number of benzene rings is 1. The van der Waals surface area contributed by atoms with Crippen molar-refractivity contribution >= 4 is 11.9 Å². The Morgan fingerprint density at radius 3 is 2.33 bits per heavy atom. The van der Waals surface area contributed by atoms with Gasteiger partial charge in [0.1, 0.15) is 0 Å². The maximum absolute atomic E-state index is 11.8. The number of hydrogen-bond donors (Lipinski definition) is 2. The molecule has 0 bridgehead atoms. The minimum atomic E-state index is -1.00. The third-order valence-electron chi connectivity index (χ3n) is 2.53. The highest BCUT2D eigenvalue weighted by molar-refractivity contribution is 5.95. The lowest BCUT2D eigenvalue weighted by molar-refractivity contribution is 0.0696. The summed E-state index contributed by atoms with van der Waals surface area (Å²) < 4.78 is 4.93. The van der Waals surface area contributed by atoms with Crippen LogP contribution in [0.15, 0.2) is 24.3 Å². The highest BCUT2D eigenvalue weighted by Gasteiger charge is 2.10. The van der Waals surface area contributed by atoms with Crippen LogP contribution < -0.4 is 5.32 Å². The van der Waals surface area contributed by atoms with E-state index in [0.29, 0.717) is 12.2 Å². The molecule has 0 radical (unpaired) electrons. The van der Waals surface area contributed by atoms with E-state index in [1.54, 1.807) is 7.11 Å². The van der Waals surface area contributed by atoms with Gasteiger partial charge < -0.3 is 15.2 Å². The topological polar surface area (TPSA) is 75.6 Å². The van der Waals surface area contributed by atoms with Gasteiger partial charge in [0.2, 0.25) is 0 Å². The number of aromatic carboxylic acids is 1. The van der Waals surface area contributed by atoms with Gasteiger partial charge >= 0.3 is 5.97 Å². The van der Waals surface area contributed by atoms with E-state index in [0.717, 1.165) is 6.42 Å². The summed E-state index contributed by atoms with van der Waals surface area (Å²) in [4.78, 5) is 22.5. The molecule has 0 heterocycles. The van der Waals surface area contributed by atoms with Crippen LogP contribution in [0.3, 0.4) is 0 Å². The van der Waals surface area contributed by atoms with Crippen molar-refractivity contribution in [2.24, 2.45) is 0 Å². The molecule has 1 atom stereocenters. The maximum atomic E-state index is 11.8. The lowest BCUT2D eigenvalue weighted by Gasteiger charge is -2.13. The fourth-order valence-corrected chi connectivity index (χ4v) is 1.44. The summed E-state index contributed by atoms with van der Waals surface area (Å²) in [6.45, 7) is 2.47. The summed E-state index contributed by atoms with van der Waals surface area (Å²) in [6.07, 6.45) is 0.732. The van der Waals surface area contributed by atoms with Gasteiger partial charge in [-0.15, -0.1) is 0 Å². The zero-order valence-electron chi connectivity index (χ0n) is 10.5. The first-order valence-corrected chi connectivity index (χ1v) is 5.67. The van der Waals surface area contributed by atoms with Gasteiger partial charge in [0.15, 0.2) is 0 Å². The minimum Gasteiger partial charge on any atom is -0.478 e. The zero-order valence-corrected chi connectivity index (χ0v) is 10.5. The van der Waals surface area contributed by atoms with Gasteiger partial charge in [-0.25, -0.2) is 4.79 Å². The number of carbonyl (C=O) groups excluding carboxylic acids is 1. The molecule has 1 rings (SSSR count). The smallest absolute Gasteiger partial charge is 0.335 e. The van der Waals surface area contributed by atoms with Gasteiger partial charge in [-0.05, 0) is 37.6 Å². The molecule has 1 amide bonds. The van der Waals surface area contributed by atoms with Gasteiger partial charge in [0, 0.05) is 25.3 Å². The minimum absolute atomic E-state index is 0.0107. The molecule has 0 aliphatic carbocycles. The largest absolute Gasteiger partial charge is 0.478 e. The van der Waals surface area contributed by atoms with Crippen LogP contribution in [0.25, 0.3) is 0 Å². The summed E-state index contributed by atoms with van der Waals surface area (Å²) in [5.41, 5.74) is 0.614. The second-order valence-corrected chi connectivity index (χ2v) is 4.04. The molecular weight excluding hydrogens is 234 g/mol. The molecule has 2 N–H and O–H groups in total. The highest BCUT2D eigenvalue weighted by atomic mass is 16.5. The van der Waals surface area contributed by atoms with Crippen molar-refractivity contribution in [1.82, 2.24) is 5.32 Å². The van der Waals surface area contributed by atoms with Crippen molar-refractivity contribution in [1.29, 1.82) is 0 Å². The molecule has 1 aromatic rings. The Balaban J connectivity index is 2.58. The highest BCUT2D eigenvalue weighted by Crippen LogP contribution is 2.05. The molecule has 0 aromatic heterocycles. The van der Waals surface area contributed by atoms with Crippen LogP contribution in [-0.2, 0) is 4.74 Å². The molecule has 5 heteroatoms. The molecule has 0 saturated heterocycles. The normalized spacial score (nSPS) is 11.9. The predicted octanol–water partition coefficient (Wildman–Crippen LogP) is 1.54. The molecule has 0 aliphatic rings. The number of amides is 1. The lowest BCUT2D eigenvalue weighted by atomic mass is 10.1. The zero-order chi connectivity index (χ0) is 13.5. The van der Waals surface area contributed by atoms with Crippen molar-refractivity contribution < 1.29 is 19.4 Å². The van der Waals surface area contributed by atoms with Crippen molar-refractivity contribution in [3.8, 4) is 0 Å². The standard InChI is InChI=1S/C13H17NO4/c1-9(7-8-18-2)14-12(15)10-3-5-11(6-4-10)13(16)17/h3-6,9H,7-8H2,1-2H3,(H,14,15)(H,16,17). The molecule has 0 spiro atoms. The van der Waals surface area contributed by atoms with Gasteiger partial charge in [0.25, 0.3) is 5.91 Å². The molecular formula is C13H17NO4. The van der Waals surface area contributed by atoms with E-state index in [4.69, 9.17) is 9.84 Å². The number of carboxylic acids is 1. The third-order valence-corrected chi connectivity index (χ3v) is 2.53. The van der Waals surface area contributed by atoms with E-state index in [2.05, 4.69) is 5.32 Å². The van der Waals surface area contributed by atoms with Crippen LogP contribution >= 0.6 is 0 Å². The number of carboxylic acid groups (broad SMARTS) is 1. The van der Waals surface area contributed by atoms with E-state index < -0.39 is 5.97 Å². The Labute approximate surface area is 106 Å². The summed E-state index contributed by atoms with van der Waals surface area (Å²) in [7, 11) is 1.61. The fourth-order valence-electron chi connectivity index (χ4n) is 1.44. The maximum Gasteiger partial charge on any atom is 0.335 e. The van der Waals surface area contributed by atoms with Crippen molar-refractivity contribution in [2.45, 2.75) is 19.4 Å². The molecule has 0 aliphatic heterocycles. The van der Waals surface area contributed by atoms with Crippen LogP contribution in [0.1, 0.15) is 34.1 Å². The number of rotatable bonds is 6.